The summed E-state index contributed by atoms with van der Waals surface area (Å²) >= 11 is 7.44. The van der Waals surface area contributed by atoms with Crippen molar-refractivity contribution in [3.63, 3.8) is 0 Å². The molecule has 10 heteroatoms. The SMILES string of the molecule is c1cc2nc(c1)CSc1ccccc1SSc1ccccc1SCc1cccc(n1)CSc1ccccc1SSc1ccccc1SC2. The number of aromatic nitrogens is 2. The monoisotopic (exact) mass is 770 g/mol. The van der Waals surface area contributed by atoms with Crippen LogP contribution in [0.1, 0.15) is 22.8 Å². The summed E-state index contributed by atoms with van der Waals surface area (Å²) in [5.41, 5.74) is 4.44. The summed E-state index contributed by atoms with van der Waals surface area (Å²) in [6, 6.07) is 47.8. The standard InChI is InChI=1S/C38H30N2S8/c1-5-19-35-31(15-1)41-23-27-11-9-12-28(39-27)24-43-33-17-3-7-21-37(33)47-48-38-22-8-4-18-34(38)44-26-30-14-10-13-29(40-30)25-42-32-16-2-6-20-36(32)46-45-35/h1-22H,23-26H2. The van der Waals surface area contributed by atoms with Crippen LogP contribution in [0.4, 0.5) is 0 Å². The molecule has 0 saturated carbocycles. The lowest BCUT2D eigenvalue weighted by Gasteiger charge is -2.12. The maximum absolute atomic E-state index is 5.06. The van der Waals surface area contributed by atoms with Gasteiger partial charge in [-0.2, -0.15) is 0 Å². The van der Waals surface area contributed by atoms with Crippen molar-refractivity contribution in [2.75, 3.05) is 0 Å². The van der Waals surface area contributed by atoms with Gasteiger partial charge < -0.3 is 0 Å². The summed E-state index contributed by atoms with van der Waals surface area (Å²) in [5, 5.41) is 0. The number of fused-ring (bicyclic) bond motifs is 8. The molecule has 0 spiro atoms. The van der Waals surface area contributed by atoms with Crippen LogP contribution in [0.5, 0.6) is 0 Å². The quantitative estimate of drug-likeness (QED) is 0.139. The summed E-state index contributed by atoms with van der Waals surface area (Å²) in [7, 11) is 7.33. The highest BCUT2D eigenvalue weighted by atomic mass is 33.1. The highest BCUT2D eigenvalue weighted by molar-refractivity contribution is 8.77. The van der Waals surface area contributed by atoms with Crippen molar-refractivity contribution in [1.29, 1.82) is 0 Å². The first kappa shape index (κ1) is 34.4. The molecule has 0 fully saturated rings. The fourth-order valence-corrected chi connectivity index (χ4v) is 14.3. The Kier molecular flexibility index (Phi) is 12.7. The predicted octanol–water partition coefficient (Wildman–Crippen LogP) is 13.6. The second kappa shape index (κ2) is 17.8. The molecule has 2 aromatic heterocycles. The minimum Gasteiger partial charge on any atom is -0.256 e. The zero-order valence-corrected chi connectivity index (χ0v) is 32.2. The lowest BCUT2D eigenvalue weighted by molar-refractivity contribution is 1.08. The Morgan fingerprint density at radius 2 is 0.500 bits per heavy atom. The number of benzene rings is 4. The minimum absolute atomic E-state index is 0.833. The van der Waals surface area contributed by atoms with Gasteiger partial charge in [0.05, 0.1) is 22.8 Å². The number of rotatable bonds is 0. The number of hydrogen-bond donors (Lipinski definition) is 0. The van der Waals surface area contributed by atoms with Gasteiger partial charge in [0.25, 0.3) is 0 Å². The Balaban J connectivity index is 1.16. The zero-order valence-electron chi connectivity index (χ0n) is 25.7. The third-order valence-corrected chi connectivity index (χ3v) is 17.0. The second-order valence-electron chi connectivity index (χ2n) is 10.5. The molecule has 240 valence electrons. The van der Waals surface area contributed by atoms with Gasteiger partial charge in [-0.15, -0.1) is 47.0 Å². The molecule has 4 bridgehead atoms. The smallest absolute Gasteiger partial charge is 0.0509 e. The first-order valence-electron chi connectivity index (χ1n) is 15.2. The molecule has 1 aliphatic heterocycles. The van der Waals surface area contributed by atoms with Crippen LogP contribution >= 0.6 is 90.2 Å². The van der Waals surface area contributed by atoms with E-state index in [0.29, 0.717) is 0 Å². The lowest BCUT2D eigenvalue weighted by Crippen LogP contribution is -1.93. The van der Waals surface area contributed by atoms with Crippen molar-refractivity contribution in [1.82, 2.24) is 9.97 Å². The van der Waals surface area contributed by atoms with Crippen LogP contribution in [-0.4, -0.2) is 9.97 Å². The predicted molar refractivity (Wildman–Crippen MR) is 216 cm³/mol. The maximum Gasteiger partial charge on any atom is 0.0509 e. The number of thioether (sulfide) groups is 4. The van der Waals surface area contributed by atoms with E-state index in [9.17, 15) is 0 Å². The number of pyridine rings is 2. The normalized spacial score (nSPS) is 14.5. The van der Waals surface area contributed by atoms with Gasteiger partial charge in [0.15, 0.2) is 0 Å². The molecular formula is C38H30N2S8. The van der Waals surface area contributed by atoms with Crippen LogP contribution < -0.4 is 0 Å². The molecule has 0 amide bonds. The van der Waals surface area contributed by atoms with Gasteiger partial charge in [0, 0.05) is 62.2 Å². The molecule has 0 saturated heterocycles. The van der Waals surface area contributed by atoms with Gasteiger partial charge in [0.2, 0.25) is 0 Å². The average Bonchev–Trinajstić information content (AvgIpc) is 3.14. The van der Waals surface area contributed by atoms with E-state index in [1.54, 1.807) is 0 Å². The van der Waals surface area contributed by atoms with E-state index in [0.717, 1.165) is 45.8 Å². The van der Waals surface area contributed by atoms with Crippen molar-refractivity contribution in [2.45, 2.75) is 62.2 Å². The molecule has 3 heterocycles. The fourth-order valence-electron chi connectivity index (χ4n) is 4.72. The van der Waals surface area contributed by atoms with E-state index >= 15 is 0 Å². The zero-order chi connectivity index (χ0) is 32.4. The van der Waals surface area contributed by atoms with E-state index in [2.05, 4.69) is 133 Å². The Morgan fingerprint density at radius 3 is 0.750 bits per heavy atom. The summed E-state index contributed by atoms with van der Waals surface area (Å²) < 4.78 is 0. The largest absolute Gasteiger partial charge is 0.256 e. The molecular weight excluding hydrogens is 741 g/mol. The van der Waals surface area contributed by atoms with Gasteiger partial charge >= 0.3 is 0 Å². The summed E-state index contributed by atoms with van der Waals surface area (Å²) in [6.07, 6.45) is 0. The molecule has 0 radical (unpaired) electrons. The van der Waals surface area contributed by atoms with E-state index in [1.165, 1.54) is 39.2 Å². The van der Waals surface area contributed by atoms with Crippen molar-refractivity contribution in [3.8, 4) is 0 Å². The summed E-state index contributed by atoms with van der Waals surface area (Å²) in [5.74, 6) is 3.33. The van der Waals surface area contributed by atoms with E-state index in [-0.39, 0.29) is 0 Å². The Morgan fingerprint density at radius 1 is 0.271 bits per heavy atom. The number of hydrogen-bond acceptors (Lipinski definition) is 10. The van der Waals surface area contributed by atoms with Gasteiger partial charge in [0.1, 0.15) is 0 Å². The van der Waals surface area contributed by atoms with Crippen molar-refractivity contribution < 1.29 is 0 Å². The third-order valence-electron chi connectivity index (χ3n) is 7.07. The van der Waals surface area contributed by atoms with Gasteiger partial charge in [-0.3, -0.25) is 9.97 Å². The molecule has 0 unspecified atom stereocenters. The Hall–Kier alpha value is -2.02. The molecule has 4 aromatic carbocycles. The minimum atomic E-state index is 0.833. The fraction of sp³-hybridized carbons (Fsp3) is 0.105. The van der Waals surface area contributed by atoms with E-state index in [1.807, 2.05) is 90.2 Å². The molecule has 7 rings (SSSR count). The van der Waals surface area contributed by atoms with Crippen molar-refractivity contribution in [2.24, 2.45) is 0 Å². The van der Waals surface area contributed by atoms with Gasteiger partial charge in [-0.25, -0.2) is 0 Å². The molecule has 0 aliphatic carbocycles. The van der Waals surface area contributed by atoms with Crippen LogP contribution in [0.25, 0.3) is 0 Å². The van der Waals surface area contributed by atoms with E-state index in [4.69, 9.17) is 9.97 Å². The second-order valence-corrected chi connectivity index (χ2v) is 19.0. The van der Waals surface area contributed by atoms with Crippen LogP contribution in [0.2, 0.25) is 0 Å². The van der Waals surface area contributed by atoms with Crippen molar-refractivity contribution >= 4 is 90.2 Å². The van der Waals surface area contributed by atoms with Crippen LogP contribution in [0.3, 0.4) is 0 Å². The average molecular weight is 771 g/mol. The topological polar surface area (TPSA) is 25.8 Å². The summed E-state index contributed by atoms with van der Waals surface area (Å²) in [4.78, 5) is 20.4. The summed E-state index contributed by atoms with van der Waals surface area (Å²) in [6.45, 7) is 0. The van der Waals surface area contributed by atoms with Crippen molar-refractivity contribution in [3.05, 3.63) is 156 Å². The van der Waals surface area contributed by atoms with Crippen LogP contribution in [-0.2, 0) is 23.0 Å². The molecule has 48 heavy (non-hydrogen) atoms. The Bertz CT molecular complexity index is 1710. The maximum atomic E-state index is 5.06. The van der Waals surface area contributed by atoms with Crippen LogP contribution in [0, 0.1) is 0 Å². The number of nitrogens with zero attached hydrogens (tertiary/aromatic N) is 2. The molecule has 2 nitrogen and oxygen atoms in total. The first-order chi connectivity index (χ1) is 23.8. The first-order valence-corrected chi connectivity index (χ1v) is 23.5. The third kappa shape index (κ3) is 9.60. The highest BCUT2D eigenvalue weighted by Crippen LogP contribution is 2.47. The van der Waals surface area contributed by atoms with E-state index < -0.39 is 0 Å². The van der Waals surface area contributed by atoms with Crippen LogP contribution in [0.15, 0.2) is 173 Å². The molecule has 1 aliphatic rings. The molecule has 0 atom stereocenters. The molecule has 6 aromatic rings. The lowest BCUT2D eigenvalue weighted by atomic mass is 10.3. The highest BCUT2D eigenvalue weighted by Gasteiger charge is 2.12. The van der Waals surface area contributed by atoms with Gasteiger partial charge in [-0.05, 0) is 72.8 Å². The molecule has 0 N–H and O–H groups in total. The Labute approximate surface area is 315 Å². The van der Waals surface area contributed by atoms with Gasteiger partial charge in [-0.1, -0.05) is 104 Å².